The third-order valence-electron chi connectivity index (χ3n) is 5.49. The zero-order valence-electron chi connectivity index (χ0n) is 14.9. The molecule has 0 radical (unpaired) electrons. The molecule has 2 aliphatic rings. The minimum Gasteiger partial charge on any atom is -0.379 e. The van der Waals surface area contributed by atoms with Crippen molar-refractivity contribution in [3.8, 4) is 0 Å². The zero-order valence-corrected chi connectivity index (χ0v) is 14.9. The van der Waals surface area contributed by atoms with E-state index < -0.39 is 0 Å². The summed E-state index contributed by atoms with van der Waals surface area (Å²) in [6, 6.07) is 10.7. The standard InChI is InChI=1S/C20H30N2O2/c1-20(18-7-3-2-4-8-18)10-6-12-22(17-20)19(23)9-5-11-21-13-15-24-16-14-21/h2-4,7-8H,5-6,9-17H2,1H3/t20-/m1/s1. The van der Waals surface area contributed by atoms with Crippen LogP contribution in [-0.2, 0) is 14.9 Å². The fourth-order valence-electron chi connectivity index (χ4n) is 3.97. The Hall–Kier alpha value is -1.39. The first-order chi connectivity index (χ1) is 11.7. The molecule has 0 N–H and O–H groups in total. The number of benzene rings is 1. The van der Waals surface area contributed by atoms with Crippen molar-refractivity contribution in [3.05, 3.63) is 35.9 Å². The van der Waals surface area contributed by atoms with Crippen LogP contribution in [0.4, 0.5) is 0 Å². The third kappa shape index (κ3) is 4.37. The second kappa shape index (κ2) is 8.13. The van der Waals surface area contributed by atoms with Crippen LogP contribution in [0.5, 0.6) is 0 Å². The lowest BCUT2D eigenvalue weighted by molar-refractivity contribution is -0.133. The summed E-state index contributed by atoms with van der Waals surface area (Å²) in [6.07, 6.45) is 3.88. The van der Waals surface area contributed by atoms with Gasteiger partial charge in [-0.2, -0.15) is 0 Å². The summed E-state index contributed by atoms with van der Waals surface area (Å²) in [5.74, 6) is 0.324. The van der Waals surface area contributed by atoms with Gasteiger partial charge in [0.1, 0.15) is 0 Å². The van der Waals surface area contributed by atoms with Crippen molar-refractivity contribution in [3.63, 3.8) is 0 Å². The fraction of sp³-hybridized carbons (Fsp3) is 0.650. The molecule has 4 heteroatoms. The van der Waals surface area contributed by atoms with Gasteiger partial charge in [-0.15, -0.1) is 0 Å². The van der Waals surface area contributed by atoms with Crippen LogP contribution in [0.2, 0.25) is 0 Å². The van der Waals surface area contributed by atoms with E-state index in [-0.39, 0.29) is 5.41 Å². The summed E-state index contributed by atoms with van der Waals surface area (Å²) in [5, 5.41) is 0. The minimum absolute atomic E-state index is 0.0966. The van der Waals surface area contributed by atoms with Crippen molar-refractivity contribution < 1.29 is 9.53 Å². The summed E-state index contributed by atoms with van der Waals surface area (Å²) in [5.41, 5.74) is 1.45. The van der Waals surface area contributed by atoms with Gasteiger partial charge in [0.25, 0.3) is 0 Å². The van der Waals surface area contributed by atoms with Gasteiger partial charge in [-0.25, -0.2) is 0 Å². The molecule has 2 aliphatic heterocycles. The molecule has 0 unspecified atom stereocenters. The van der Waals surface area contributed by atoms with Crippen molar-refractivity contribution in [2.75, 3.05) is 45.9 Å². The Bertz CT molecular complexity index is 528. The van der Waals surface area contributed by atoms with Gasteiger partial charge in [-0.05, 0) is 31.4 Å². The number of hydrogen-bond donors (Lipinski definition) is 0. The van der Waals surface area contributed by atoms with E-state index in [2.05, 4.69) is 47.1 Å². The molecule has 24 heavy (non-hydrogen) atoms. The molecule has 3 rings (SSSR count). The lowest BCUT2D eigenvalue weighted by atomic mass is 9.76. The van der Waals surface area contributed by atoms with Crippen LogP contribution < -0.4 is 0 Å². The summed E-state index contributed by atoms with van der Waals surface area (Å²) < 4.78 is 5.37. The van der Waals surface area contributed by atoms with E-state index >= 15 is 0 Å². The molecular formula is C20H30N2O2. The van der Waals surface area contributed by atoms with Gasteiger partial charge in [0, 0.05) is 38.0 Å². The molecule has 0 aliphatic carbocycles. The fourth-order valence-corrected chi connectivity index (χ4v) is 3.97. The molecule has 2 saturated heterocycles. The summed E-state index contributed by atoms with van der Waals surface area (Å²) in [7, 11) is 0. The predicted molar refractivity (Wildman–Crippen MR) is 96.1 cm³/mol. The number of likely N-dealkylation sites (tertiary alicyclic amines) is 1. The van der Waals surface area contributed by atoms with E-state index in [1.54, 1.807) is 0 Å². The molecule has 1 aromatic carbocycles. The number of morpholine rings is 1. The Balaban J connectivity index is 1.49. The van der Waals surface area contributed by atoms with Gasteiger partial charge in [0.2, 0.25) is 5.91 Å². The van der Waals surface area contributed by atoms with E-state index in [0.717, 1.165) is 65.2 Å². The van der Waals surface area contributed by atoms with Crippen LogP contribution in [0.25, 0.3) is 0 Å². The van der Waals surface area contributed by atoms with Gasteiger partial charge in [-0.1, -0.05) is 37.3 Å². The monoisotopic (exact) mass is 330 g/mol. The summed E-state index contributed by atoms with van der Waals surface area (Å²) in [6.45, 7) is 8.75. The van der Waals surface area contributed by atoms with Gasteiger partial charge < -0.3 is 9.64 Å². The maximum absolute atomic E-state index is 12.6. The van der Waals surface area contributed by atoms with Crippen LogP contribution in [-0.4, -0.2) is 61.6 Å². The van der Waals surface area contributed by atoms with Gasteiger partial charge in [0.15, 0.2) is 0 Å². The number of nitrogens with zero attached hydrogens (tertiary/aromatic N) is 2. The number of ether oxygens (including phenoxy) is 1. The van der Waals surface area contributed by atoms with Gasteiger partial charge >= 0.3 is 0 Å². The van der Waals surface area contributed by atoms with Crippen LogP contribution in [0.15, 0.2) is 30.3 Å². The smallest absolute Gasteiger partial charge is 0.222 e. The van der Waals surface area contributed by atoms with Gasteiger partial charge in [-0.3, -0.25) is 9.69 Å². The number of piperidine rings is 1. The topological polar surface area (TPSA) is 32.8 Å². The molecule has 4 nitrogen and oxygen atoms in total. The molecule has 2 fully saturated rings. The highest BCUT2D eigenvalue weighted by Gasteiger charge is 2.34. The van der Waals surface area contributed by atoms with Gasteiger partial charge in [0.05, 0.1) is 13.2 Å². The number of carbonyl (C=O) groups excluding carboxylic acids is 1. The van der Waals surface area contributed by atoms with E-state index in [1.165, 1.54) is 5.56 Å². The van der Waals surface area contributed by atoms with Crippen molar-refractivity contribution in [2.24, 2.45) is 0 Å². The Labute approximate surface area is 145 Å². The van der Waals surface area contributed by atoms with Crippen LogP contribution in [0.3, 0.4) is 0 Å². The molecule has 2 heterocycles. The number of rotatable bonds is 5. The number of amides is 1. The van der Waals surface area contributed by atoms with Crippen molar-refractivity contribution in [1.82, 2.24) is 9.80 Å². The van der Waals surface area contributed by atoms with Crippen LogP contribution >= 0.6 is 0 Å². The molecule has 1 aromatic rings. The van der Waals surface area contributed by atoms with E-state index in [0.29, 0.717) is 12.3 Å². The second-order valence-corrected chi connectivity index (χ2v) is 7.40. The Morgan fingerprint density at radius 3 is 2.67 bits per heavy atom. The average Bonchev–Trinajstić information content (AvgIpc) is 2.63. The molecule has 1 amide bonds. The Morgan fingerprint density at radius 2 is 1.92 bits per heavy atom. The second-order valence-electron chi connectivity index (χ2n) is 7.40. The lowest BCUT2D eigenvalue weighted by Crippen LogP contribution is -2.47. The molecule has 0 aromatic heterocycles. The molecular weight excluding hydrogens is 300 g/mol. The minimum atomic E-state index is 0.0966. The first kappa shape index (κ1) is 17.4. The highest BCUT2D eigenvalue weighted by Crippen LogP contribution is 2.33. The van der Waals surface area contributed by atoms with E-state index in [1.807, 2.05) is 0 Å². The molecule has 132 valence electrons. The van der Waals surface area contributed by atoms with Crippen molar-refractivity contribution in [1.29, 1.82) is 0 Å². The predicted octanol–water partition coefficient (Wildman–Crippen LogP) is 2.68. The van der Waals surface area contributed by atoms with Crippen molar-refractivity contribution in [2.45, 2.75) is 38.0 Å². The molecule has 1 atom stereocenters. The Morgan fingerprint density at radius 1 is 1.17 bits per heavy atom. The average molecular weight is 330 g/mol. The lowest BCUT2D eigenvalue weighted by Gasteiger charge is -2.41. The maximum Gasteiger partial charge on any atom is 0.222 e. The third-order valence-corrected chi connectivity index (χ3v) is 5.49. The quantitative estimate of drug-likeness (QED) is 0.832. The maximum atomic E-state index is 12.6. The number of carbonyl (C=O) groups is 1. The first-order valence-corrected chi connectivity index (χ1v) is 9.31. The van der Waals surface area contributed by atoms with E-state index in [4.69, 9.17) is 4.74 Å². The summed E-state index contributed by atoms with van der Waals surface area (Å²) >= 11 is 0. The van der Waals surface area contributed by atoms with E-state index in [9.17, 15) is 4.79 Å². The molecule has 0 bridgehead atoms. The highest BCUT2D eigenvalue weighted by molar-refractivity contribution is 5.76. The highest BCUT2D eigenvalue weighted by atomic mass is 16.5. The first-order valence-electron chi connectivity index (χ1n) is 9.31. The number of hydrogen-bond acceptors (Lipinski definition) is 3. The van der Waals surface area contributed by atoms with Crippen LogP contribution in [0.1, 0.15) is 38.2 Å². The molecule has 0 spiro atoms. The van der Waals surface area contributed by atoms with Crippen LogP contribution in [0, 0.1) is 0 Å². The van der Waals surface area contributed by atoms with Crippen molar-refractivity contribution >= 4 is 5.91 Å². The zero-order chi connectivity index (χ0) is 16.8. The largest absolute Gasteiger partial charge is 0.379 e. The summed E-state index contributed by atoms with van der Waals surface area (Å²) in [4.78, 5) is 17.1. The SMILES string of the molecule is C[C@@]1(c2ccccc2)CCCN(C(=O)CCCN2CCOCC2)C1. The molecule has 0 saturated carbocycles. The normalized spacial score (nSPS) is 25.6. The Kier molecular flexibility index (Phi) is 5.90.